The van der Waals surface area contributed by atoms with E-state index in [2.05, 4.69) is 0 Å². The predicted molar refractivity (Wildman–Crippen MR) is 107 cm³/mol. The molecule has 0 atom stereocenters. The molecule has 0 aliphatic carbocycles. The van der Waals surface area contributed by atoms with Crippen LogP contribution in [0.2, 0.25) is 5.02 Å². The first kappa shape index (κ1) is 16.6. The summed E-state index contributed by atoms with van der Waals surface area (Å²) in [5.74, 6) is -0.191. The Labute approximate surface area is 158 Å². The molecule has 26 heavy (non-hydrogen) atoms. The van der Waals surface area contributed by atoms with Gasteiger partial charge in [0.05, 0.1) is 16.3 Å². The standard InChI is InChI=1S/C20H13ClN2O2S/c21-13-8-6-12(7-9-13)18(25)17-15-10-11-16(24)23(20(15)26-19(17)22)14-4-2-1-3-5-14/h1-11H,22H2. The number of fused-ring (bicyclic) bond motifs is 1. The molecule has 0 aliphatic rings. The van der Waals surface area contributed by atoms with Crippen molar-refractivity contribution in [2.24, 2.45) is 0 Å². The van der Waals surface area contributed by atoms with Crippen molar-refractivity contribution in [3.63, 3.8) is 0 Å². The fourth-order valence-corrected chi connectivity index (χ4v) is 4.11. The molecule has 2 heterocycles. The number of hydrogen-bond donors (Lipinski definition) is 1. The van der Waals surface area contributed by atoms with Gasteiger partial charge >= 0.3 is 0 Å². The first-order valence-electron chi connectivity index (χ1n) is 7.86. The molecule has 0 fully saturated rings. The minimum Gasteiger partial charge on any atom is -0.390 e. The van der Waals surface area contributed by atoms with Gasteiger partial charge in [0.15, 0.2) is 5.78 Å². The van der Waals surface area contributed by atoms with Crippen LogP contribution in [0.3, 0.4) is 0 Å². The molecule has 0 amide bonds. The summed E-state index contributed by atoms with van der Waals surface area (Å²) in [5.41, 5.74) is 7.65. The molecule has 0 spiro atoms. The highest BCUT2D eigenvalue weighted by Crippen LogP contribution is 2.35. The number of carbonyl (C=O) groups is 1. The van der Waals surface area contributed by atoms with E-state index >= 15 is 0 Å². The number of nitrogens with two attached hydrogens (primary N) is 1. The monoisotopic (exact) mass is 380 g/mol. The second-order valence-corrected chi connectivity index (χ2v) is 7.21. The third kappa shape index (κ3) is 2.71. The summed E-state index contributed by atoms with van der Waals surface area (Å²) in [4.78, 5) is 26.1. The number of benzene rings is 2. The molecule has 2 aromatic carbocycles. The topological polar surface area (TPSA) is 65.1 Å². The first-order valence-corrected chi connectivity index (χ1v) is 9.05. The largest absolute Gasteiger partial charge is 0.390 e. The highest BCUT2D eigenvalue weighted by Gasteiger charge is 2.21. The molecule has 4 nitrogen and oxygen atoms in total. The number of pyridine rings is 1. The van der Waals surface area contributed by atoms with E-state index in [0.717, 1.165) is 5.69 Å². The molecular weight excluding hydrogens is 368 g/mol. The summed E-state index contributed by atoms with van der Waals surface area (Å²) in [6.07, 6.45) is 0. The Morgan fingerprint density at radius 3 is 2.35 bits per heavy atom. The highest BCUT2D eigenvalue weighted by molar-refractivity contribution is 7.22. The van der Waals surface area contributed by atoms with Gasteiger partial charge in [-0.3, -0.25) is 14.2 Å². The van der Waals surface area contributed by atoms with E-state index in [9.17, 15) is 9.59 Å². The van der Waals surface area contributed by atoms with Crippen molar-refractivity contribution >= 4 is 43.9 Å². The van der Waals surface area contributed by atoms with Crippen molar-refractivity contribution in [3.05, 3.63) is 93.2 Å². The Balaban J connectivity index is 1.96. The molecule has 0 bridgehead atoms. The number of carbonyl (C=O) groups excluding carboxylic acids is 1. The van der Waals surface area contributed by atoms with Crippen molar-refractivity contribution in [1.29, 1.82) is 0 Å². The SMILES string of the molecule is Nc1sc2c(ccc(=O)n2-c2ccccc2)c1C(=O)c1ccc(Cl)cc1. The van der Waals surface area contributed by atoms with Crippen LogP contribution >= 0.6 is 22.9 Å². The Hall–Kier alpha value is -2.89. The third-order valence-corrected chi connectivity index (χ3v) is 5.39. The predicted octanol–water partition coefficient (Wildman–Crippen LogP) is 4.52. The molecule has 128 valence electrons. The summed E-state index contributed by atoms with van der Waals surface area (Å²) < 4.78 is 1.58. The number of halogens is 1. The van der Waals surface area contributed by atoms with E-state index in [4.69, 9.17) is 17.3 Å². The van der Waals surface area contributed by atoms with Gasteiger partial charge in [0.2, 0.25) is 0 Å². The van der Waals surface area contributed by atoms with Crippen molar-refractivity contribution in [2.45, 2.75) is 0 Å². The van der Waals surface area contributed by atoms with Crippen LogP contribution in [0.15, 0.2) is 71.5 Å². The van der Waals surface area contributed by atoms with Gasteiger partial charge in [0.25, 0.3) is 5.56 Å². The number of aromatic nitrogens is 1. The fourth-order valence-electron chi connectivity index (χ4n) is 2.90. The van der Waals surface area contributed by atoms with E-state index < -0.39 is 0 Å². The average molecular weight is 381 g/mol. The molecule has 0 saturated carbocycles. The number of para-hydroxylation sites is 1. The molecule has 0 unspecified atom stereocenters. The van der Waals surface area contributed by atoms with Gasteiger partial charge in [-0.15, -0.1) is 0 Å². The molecular formula is C20H13ClN2O2S. The Morgan fingerprint density at radius 2 is 1.65 bits per heavy atom. The second kappa shape index (κ2) is 6.44. The van der Waals surface area contributed by atoms with Crippen molar-refractivity contribution in [2.75, 3.05) is 5.73 Å². The van der Waals surface area contributed by atoms with E-state index in [-0.39, 0.29) is 11.3 Å². The second-order valence-electron chi connectivity index (χ2n) is 5.74. The van der Waals surface area contributed by atoms with Crippen molar-refractivity contribution in [3.8, 4) is 5.69 Å². The van der Waals surface area contributed by atoms with Crippen LogP contribution in [0.25, 0.3) is 15.9 Å². The molecule has 0 saturated heterocycles. The summed E-state index contributed by atoms with van der Waals surface area (Å²) in [5, 5.41) is 1.61. The maximum absolute atomic E-state index is 13.0. The van der Waals surface area contributed by atoms with Gasteiger partial charge in [-0.1, -0.05) is 41.1 Å². The van der Waals surface area contributed by atoms with Gasteiger partial charge in [-0.2, -0.15) is 0 Å². The number of hydrogen-bond acceptors (Lipinski definition) is 4. The van der Waals surface area contributed by atoms with Crippen LogP contribution in [0.4, 0.5) is 5.00 Å². The molecule has 0 aliphatic heterocycles. The van der Waals surface area contributed by atoms with Crippen LogP contribution in [0.1, 0.15) is 15.9 Å². The first-order chi connectivity index (χ1) is 12.6. The van der Waals surface area contributed by atoms with Gasteiger partial charge in [-0.25, -0.2) is 0 Å². The zero-order valence-corrected chi connectivity index (χ0v) is 15.1. The van der Waals surface area contributed by atoms with Crippen molar-refractivity contribution < 1.29 is 4.79 Å². The normalized spacial score (nSPS) is 11.0. The Kier molecular flexibility index (Phi) is 4.11. The third-order valence-electron chi connectivity index (χ3n) is 4.12. The molecule has 0 radical (unpaired) electrons. The molecule has 6 heteroatoms. The van der Waals surface area contributed by atoms with Gasteiger partial charge in [-0.05, 0) is 42.5 Å². The number of rotatable bonds is 3. The van der Waals surface area contributed by atoms with Crippen LogP contribution in [-0.2, 0) is 0 Å². The number of thiophene rings is 1. The van der Waals surface area contributed by atoms with Gasteiger partial charge < -0.3 is 5.73 Å². The highest BCUT2D eigenvalue weighted by atomic mass is 35.5. The minimum atomic E-state index is -0.191. The lowest BCUT2D eigenvalue weighted by Gasteiger charge is -2.07. The van der Waals surface area contributed by atoms with Gasteiger partial charge in [0, 0.05) is 22.0 Å². The lowest BCUT2D eigenvalue weighted by atomic mass is 10.0. The van der Waals surface area contributed by atoms with Crippen LogP contribution in [-0.4, -0.2) is 10.4 Å². The quantitative estimate of drug-likeness (QED) is 0.531. The van der Waals surface area contributed by atoms with Crippen LogP contribution in [0.5, 0.6) is 0 Å². The molecule has 2 N–H and O–H groups in total. The lowest BCUT2D eigenvalue weighted by molar-refractivity contribution is 0.104. The Morgan fingerprint density at radius 1 is 0.962 bits per heavy atom. The van der Waals surface area contributed by atoms with E-state index in [1.165, 1.54) is 17.4 Å². The summed E-state index contributed by atoms with van der Waals surface area (Å²) >= 11 is 7.14. The van der Waals surface area contributed by atoms with E-state index in [1.807, 2.05) is 30.3 Å². The maximum atomic E-state index is 13.0. The number of nitrogen functional groups attached to an aromatic ring is 1. The van der Waals surface area contributed by atoms with Crippen LogP contribution in [0, 0.1) is 0 Å². The molecule has 4 aromatic rings. The number of ketones is 1. The van der Waals surface area contributed by atoms with E-state index in [1.54, 1.807) is 34.9 Å². The molecule has 4 rings (SSSR count). The van der Waals surface area contributed by atoms with E-state index in [0.29, 0.717) is 31.4 Å². The molecule has 2 aromatic heterocycles. The Bertz CT molecular complexity index is 1180. The van der Waals surface area contributed by atoms with Crippen LogP contribution < -0.4 is 11.3 Å². The fraction of sp³-hybridized carbons (Fsp3) is 0. The zero-order chi connectivity index (χ0) is 18.3. The average Bonchev–Trinajstić information content (AvgIpc) is 2.98. The summed E-state index contributed by atoms with van der Waals surface area (Å²) in [6.45, 7) is 0. The number of nitrogens with zero attached hydrogens (tertiary/aromatic N) is 1. The van der Waals surface area contributed by atoms with Crippen molar-refractivity contribution in [1.82, 2.24) is 4.57 Å². The zero-order valence-electron chi connectivity index (χ0n) is 13.5. The minimum absolute atomic E-state index is 0.171. The maximum Gasteiger partial charge on any atom is 0.256 e. The lowest BCUT2D eigenvalue weighted by Crippen LogP contribution is -2.16. The summed E-state index contributed by atoms with van der Waals surface area (Å²) in [6, 6.07) is 19.1. The smallest absolute Gasteiger partial charge is 0.256 e. The number of anilines is 1. The van der Waals surface area contributed by atoms with Gasteiger partial charge in [0.1, 0.15) is 4.83 Å². The summed E-state index contributed by atoms with van der Waals surface area (Å²) in [7, 11) is 0.